The van der Waals surface area contributed by atoms with Gasteiger partial charge in [0.2, 0.25) is 0 Å². The molecular weight excluding hydrogens is 252 g/mol. The summed E-state index contributed by atoms with van der Waals surface area (Å²) < 4.78 is 11.0. The van der Waals surface area contributed by atoms with Crippen LogP contribution >= 0.6 is 0 Å². The quantitative estimate of drug-likeness (QED) is 0.702. The average molecular weight is 276 g/mol. The predicted octanol–water partition coefficient (Wildman–Crippen LogP) is 3.44. The highest BCUT2D eigenvalue weighted by molar-refractivity contribution is 5.44. The van der Waals surface area contributed by atoms with E-state index in [9.17, 15) is 5.26 Å². The molecule has 0 saturated heterocycles. The van der Waals surface area contributed by atoms with Crippen LogP contribution in [0.15, 0.2) is 18.2 Å². The van der Waals surface area contributed by atoms with Gasteiger partial charge < -0.3 is 9.47 Å². The second kappa shape index (κ2) is 9.22. The molecule has 0 heterocycles. The average Bonchev–Trinajstić information content (AvgIpc) is 2.49. The summed E-state index contributed by atoms with van der Waals surface area (Å²) in [5.41, 5.74) is 0.907. The monoisotopic (exact) mass is 276 g/mol. The van der Waals surface area contributed by atoms with Crippen LogP contribution in [0.2, 0.25) is 0 Å². The Balaban J connectivity index is 2.81. The van der Waals surface area contributed by atoms with Crippen molar-refractivity contribution >= 4 is 0 Å². The zero-order valence-electron chi connectivity index (χ0n) is 12.6. The maximum Gasteiger partial charge on any atom is 0.161 e. The van der Waals surface area contributed by atoms with Gasteiger partial charge in [0.1, 0.15) is 6.04 Å². The molecule has 1 aromatic carbocycles. The van der Waals surface area contributed by atoms with E-state index in [0.29, 0.717) is 12.4 Å². The Hall–Kier alpha value is -1.73. The van der Waals surface area contributed by atoms with Gasteiger partial charge in [-0.25, -0.2) is 0 Å². The van der Waals surface area contributed by atoms with E-state index in [2.05, 4.69) is 25.2 Å². The van der Waals surface area contributed by atoms with E-state index in [1.165, 1.54) is 0 Å². The molecular formula is C16H24N2O2. The number of hydrogen-bond donors (Lipinski definition) is 1. The zero-order chi connectivity index (χ0) is 14.8. The smallest absolute Gasteiger partial charge is 0.161 e. The number of hydrogen-bond acceptors (Lipinski definition) is 4. The van der Waals surface area contributed by atoms with Crippen LogP contribution < -0.4 is 14.8 Å². The van der Waals surface area contributed by atoms with Crippen LogP contribution in [0.25, 0.3) is 0 Å². The van der Waals surface area contributed by atoms with Crippen LogP contribution in [0.3, 0.4) is 0 Å². The third kappa shape index (κ3) is 4.75. The van der Waals surface area contributed by atoms with Gasteiger partial charge in [-0.1, -0.05) is 26.3 Å². The molecule has 0 fully saturated rings. The molecule has 1 atom stereocenters. The third-order valence-corrected chi connectivity index (χ3v) is 2.99. The van der Waals surface area contributed by atoms with Crippen LogP contribution in [0.1, 0.15) is 44.7 Å². The van der Waals surface area contributed by atoms with Gasteiger partial charge in [0.05, 0.1) is 19.8 Å². The summed E-state index contributed by atoms with van der Waals surface area (Å²) in [6.07, 6.45) is 3.12. The minimum Gasteiger partial charge on any atom is -0.493 e. The highest BCUT2D eigenvalue weighted by atomic mass is 16.5. The first-order chi connectivity index (χ1) is 9.76. The Kier molecular flexibility index (Phi) is 7.52. The molecule has 0 aromatic heterocycles. The predicted molar refractivity (Wildman–Crippen MR) is 80.0 cm³/mol. The summed E-state index contributed by atoms with van der Waals surface area (Å²) in [7, 11) is 1.61. The fourth-order valence-corrected chi connectivity index (χ4v) is 1.86. The molecule has 0 aliphatic carbocycles. The van der Waals surface area contributed by atoms with Gasteiger partial charge in [0, 0.05) is 0 Å². The van der Waals surface area contributed by atoms with Crippen molar-refractivity contribution in [1.82, 2.24) is 5.32 Å². The van der Waals surface area contributed by atoms with E-state index in [1.54, 1.807) is 7.11 Å². The standard InChI is InChI=1S/C16H24N2O2/c1-4-6-9-18-14(12-17)13-7-8-15(20-10-5-2)16(11-13)19-3/h7-8,11,14,18H,4-6,9-10H2,1-3H3. The molecule has 0 saturated carbocycles. The molecule has 1 unspecified atom stereocenters. The van der Waals surface area contributed by atoms with Crippen molar-refractivity contribution in [3.63, 3.8) is 0 Å². The molecule has 0 amide bonds. The first-order valence-corrected chi connectivity index (χ1v) is 7.20. The minimum atomic E-state index is -0.310. The van der Waals surface area contributed by atoms with Crippen LogP contribution in [0, 0.1) is 11.3 Å². The van der Waals surface area contributed by atoms with Crippen molar-refractivity contribution in [3.8, 4) is 17.6 Å². The lowest BCUT2D eigenvalue weighted by molar-refractivity contribution is 0.294. The number of rotatable bonds is 9. The molecule has 0 bridgehead atoms. The maximum atomic E-state index is 9.27. The Labute approximate surface area is 121 Å². The lowest BCUT2D eigenvalue weighted by Crippen LogP contribution is -2.21. The van der Waals surface area contributed by atoms with E-state index in [-0.39, 0.29) is 6.04 Å². The van der Waals surface area contributed by atoms with Crippen molar-refractivity contribution in [2.45, 2.75) is 39.2 Å². The molecule has 1 aromatic rings. The topological polar surface area (TPSA) is 54.3 Å². The van der Waals surface area contributed by atoms with Gasteiger partial charge in [0.25, 0.3) is 0 Å². The highest BCUT2D eigenvalue weighted by Crippen LogP contribution is 2.30. The second-order valence-corrected chi connectivity index (χ2v) is 4.63. The van der Waals surface area contributed by atoms with Crippen molar-refractivity contribution in [1.29, 1.82) is 5.26 Å². The van der Waals surface area contributed by atoms with E-state index in [0.717, 1.165) is 37.1 Å². The Bertz CT molecular complexity index is 441. The molecule has 4 nitrogen and oxygen atoms in total. The van der Waals surface area contributed by atoms with Crippen molar-refractivity contribution < 1.29 is 9.47 Å². The second-order valence-electron chi connectivity index (χ2n) is 4.63. The maximum absolute atomic E-state index is 9.27. The molecule has 4 heteroatoms. The van der Waals surface area contributed by atoms with E-state index in [4.69, 9.17) is 9.47 Å². The van der Waals surface area contributed by atoms with Crippen LogP contribution in [-0.4, -0.2) is 20.3 Å². The minimum absolute atomic E-state index is 0.310. The molecule has 110 valence electrons. The highest BCUT2D eigenvalue weighted by Gasteiger charge is 2.13. The molecule has 0 spiro atoms. The summed E-state index contributed by atoms with van der Waals surface area (Å²) >= 11 is 0. The Morgan fingerprint density at radius 3 is 2.65 bits per heavy atom. The molecule has 20 heavy (non-hydrogen) atoms. The lowest BCUT2D eigenvalue weighted by atomic mass is 10.1. The largest absolute Gasteiger partial charge is 0.493 e. The van der Waals surface area contributed by atoms with Crippen molar-refractivity contribution in [2.75, 3.05) is 20.3 Å². The van der Waals surface area contributed by atoms with Gasteiger partial charge in [-0.2, -0.15) is 5.26 Å². The zero-order valence-corrected chi connectivity index (χ0v) is 12.6. The number of nitrogens with zero attached hydrogens (tertiary/aromatic N) is 1. The normalized spacial score (nSPS) is 11.7. The van der Waals surface area contributed by atoms with E-state index < -0.39 is 0 Å². The van der Waals surface area contributed by atoms with E-state index in [1.807, 2.05) is 18.2 Å². The molecule has 0 radical (unpaired) electrons. The van der Waals surface area contributed by atoms with Crippen molar-refractivity contribution in [2.24, 2.45) is 0 Å². The van der Waals surface area contributed by atoms with Crippen LogP contribution in [0.5, 0.6) is 11.5 Å². The number of benzene rings is 1. The van der Waals surface area contributed by atoms with Crippen LogP contribution in [-0.2, 0) is 0 Å². The van der Waals surface area contributed by atoms with Gasteiger partial charge >= 0.3 is 0 Å². The number of ether oxygens (including phenoxy) is 2. The van der Waals surface area contributed by atoms with Gasteiger partial charge in [-0.3, -0.25) is 5.32 Å². The summed E-state index contributed by atoms with van der Waals surface area (Å²) in [6, 6.07) is 7.63. The Morgan fingerprint density at radius 1 is 1.25 bits per heavy atom. The molecule has 1 rings (SSSR count). The van der Waals surface area contributed by atoms with Crippen LogP contribution in [0.4, 0.5) is 0 Å². The SMILES string of the molecule is CCCCNC(C#N)c1ccc(OCCC)c(OC)c1. The fourth-order valence-electron chi connectivity index (χ4n) is 1.86. The fraction of sp³-hybridized carbons (Fsp3) is 0.562. The summed E-state index contributed by atoms with van der Waals surface area (Å²) in [5, 5.41) is 12.5. The third-order valence-electron chi connectivity index (χ3n) is 2.99. The van der Waals surface area contributed by atoms with Gasteiger partial charge in [-0.05, 0) is 37.1 Å². The molecule has 0 aliphatic rings. The lowest BCUT2D eigenvalue weighted by Gasteiger charge is -2.15. The number of unbranched alkanes of at least 4 members (excludes halogenated alkanes) is 1. The van der Waals surface area contributed by atoms with E-state index >= 15 is 0 Å². The summed E-state index contributed by atoms with van der Waals surface area (Å²) in [5.74, 6) is 1.40. The summed E-state index contributed by atoms with van der Waals surface area (Å²) in [6.45, 7) is 5.69. The van der Waals surface area contributed by atoms with Gasteiger partial charge in [0.15, 0.2) is 11.5 Å². The number of methoxy groups -OCH3 is 1. The number of nitriles is 1. The van der Waals surface area contributed by atoms with Crippen molar-refractivity contribution in [3.05, 3.63) is 23.8 Å². The summed E-state index contributed by atoms with van der Waals surface area (Å²) in [4.78, 5) is 0. The molecule has 1 N–H and O–H groups in total. The first-order valence-electron chi connectivity index (χ1n) is 7.20. The number of nitrogens with one attached hydrogen (secondary N) is 1. The first kappa shape index (κ1) is 16.3. The molecule has 0 aliphatic heterocycles. The Morgan fingerprint density at radius 2 is 2.05 bits per heavy atom. The van der Waals surface area contributed by atoms with Gasteiger partial charge in [-0.15, -0.1) is 0 Å².